The summed E-state index contributed by atoms with van der Waals surface area (Å²) in [5.74, 6) is 6.69. The molecule has 1 spiro atoms. The van der Waals surface area contributed by atoms with Crippen molar-refractivity contribution < 1.29 is 23.9 Å². The van der Waals surface area contributed by atoms with Gasteiger partial charge >= 0.3 is 5.69 Å². The molecule has 8 heterocycles. The topological polar surface area (TPSA) is 172 Å². The molecular formula is C56H67N11O6. The van der Waals surface area contributed by atoms with Crippen molar-refractivity contribution in [2.24, 2.45) is 7.05 Å². The zero-order chi connectivity index (χ0) is 50.1. The maximum Gasteiger partial charge on any atom is 0.329 e. The van der Waals surface area contributed by atoms with E-state index in [9.17, 15) is 19.2 Å². The molecule has 0 bridgehead atoms. The molecule has 2 aliphatic carbocycles. The van der Waals surface area contributed by atoms with Gasteiger partial charge in [0.05, 0.1) is 52.2 Å². The van der Waals surface area contributed by atoms with E-state index in [0.717, 1.165) is 104 Å². The molecule has 73 heavy (non-hydrogen) atoms. The van der Waals surface area contributed by atoms with Gasteiger partial charge in [-0.15, -0.1) is 0 Å². The van der Waals surface area contributed by atoms with Gasteiger partial charge in [0.2, 0.25) is 23.6 Å². The number of likely N-dealkylation sites (tertiary alicyclic amines) is 3. The van der Waals surface area contributed by atoms with Crippen LogP contribution in [0, 0.1) is 11.8 Å². The number of hydrogen-bond acceptors (Lipinski definition) is 11. The fraction of sp³-hybridized carbons (Fsp3) is 0.554. The van der Waals surface area contributed by atoms with E-state index in [1.54, 1.807) is 13.1 Å². The Hall–Kier alpha value is -6.35. The molecule has 5 aromatic rings. The lowest BCUT2D eigenvalue weighted by Gasteiger charge is -2.48. The number of amides is 4. The molecule has 2 aromatic carbocycles. The molecule has 2 saturated carbocycles. The standard InChI is InChI=1S/C56H67N11O6/c1-35(2)65-34-57-44-32-43(59-52(51(44)65)58-38-13-14-38)37-12-15-42-47(29-37)66(40-30-39(31-40)63-22-5-4-6-23-63)54(71)56(42)20-26-64(27-21-56)49(69)33-62-24-18-41(19-25-62)73-28-8-10-36-9-7-11-45-50(36)61(3)55(72)67(45)46-16-17-48(68)60-53(46)70/h7,9,11-12,15,29,32,34-35,38-41,46H,4-6,13-14,16-28,30-31,33H2,1-3H3,(H,58,59)(H,60,68,70). The number of fused-ring (bicyclic) bond motifs is 4. The average molecular weight is 990 g/mol. The van der Waals surface area contributed by atoms with Crippen LogP contribution in [0.4, 0.5) is 11.5 Å². The summed E-state index contributed by atoms with van der Waals surface area (Å²) in [7, 11) is 1.67. The highest BCUT2D eigenvalue weighted by Gasteiger charge is 2.56. The third-order valence-electron chi connectivity index (χ3n) is 17.2. The highest BCUT2D eigenvalue weighted by atomic mass is 16.5. The van der Waals surface area contributed by atoms with Crippen molar-refractivity contribution in [1.82, 2.24) is 43.7 Å². The summed E-state index contributed by atoms with van der Waals surface area (Å²) in [5.41, 5.74) is 6.77. The van der Waals surface area contributed by atoms with E-state index in [-0.39, 0.29) is 61.0 Å². The quantitative estimate of drug-likeness (QED) is 0.124. The lowest BCUT2D eigenvalue weighted by molar-refractivity contribution is -0.137. The van der Waals surface area contributed by atoms with E-state index in [0.29, 0.717) is 61.2 Å². The number of nitrogens with zero attached hydrogens (tertiary/aromatic N) is 9. The Balaban J connectivity index is 0.693. The summed E-state index contributed by atoms with van der Waals surface area (Å²) < 4.78 is 11.4. The van der Waals surface area contributed by atoms with Crippen LogP contribution in [-0.2, 0) is 36.4 Å². The fourth-order valence-electron chi connectivity index (χ4n) is 12.8. The number of pyridine rings is 1. The Morgan fingerprint density at radius 1 is 0.904 bits per heavy atom. The number of ether oxygens (including phenoxy) is 1. The molecule has 382 valence electrons. The molecule has 4 amide bonds. The number of para-hydroxylation sites is 1. The third kappa shape index (κ3) is 8.72. The van der Waals surface area contributed by atoms with E-state index >= 15 is 4.79 Å². The minimum absolute atomic E-state index is 0.00985. The maximum absolute atomic E-state index is 15.2. The third-order valence-corrected chi connectivity index (χ3v) is 17.2. The van der Waals surface area contributed by atoms with Crippen molar-refractivity contribution in [3.05, 3.63) is 70.4 Å². The van der Waals surface area contributed by atoms with Gasteiger partial charge < -0.3 is 29.3 Å². The number of carbonyl (C=O) groups excluding carboxylic acids is 4. The van der Waals surface area contributed by atoms with Gasteiger partial charge in [-0.05, 0) is 127 Å². The molecule has 0 radical (unpaired) electrons. The first-order valence-electron chi connectivity index (χ1n) is 26.9. The second kappa shape index (κ2) is 19.2. The van der Waals surface area contributed by atoms with Gasteiger partial charge in [0.1, 0.15) is 18.2 Å². The molecule has 17 heteroatoms. The molecular weight excluding hydrogens is 923 g/mol. The van der Waals surface area contributed by atoms with Crippen LogP contribution in [0.2, 0.25) is 0 Å². The zero-order valence-corrected chi connectivity index (χ0v) is 42.4. The van der Waals surface area contributed by atoms with Crippen LogP contribution in [0.1, 0.15) is 121 Å². The van der Waals surface area contributed by atoms with Crippen LogP contribution in [0.3, 0.4) is 0 Å². The number of imidazole rings is 2. The molecule has 2 N–H and O–H groups in total. The molecule has 17 nitrogen and oxygen atoms in total. The van der Waals surface area contributed by atoms with Gasteiger partial charge in [-0.2, -0.15) is 0 Å². The minimum atomic E-state index is -0.763. The second-order valence-corrected chi connectivity index (χ2v) is 22.1. The lowest BCUT2D eigenvalue weighted by atomic mass is 9.73. The number of rotatable bonds is 11. The number of benzene rings is 2. The van der Waals surface area contributed by atoms with E-state index in [1.165, 1.54) is 28.4 Å². The number of carbonyl (C=O) groups is 4. The van der Waals surface area contributed by atoms with E-state index in [4.69, 9.17) is 14.7 Å². The van der Waals surface area contributed by atoms with Gasteiger partial charge in [-0.1, -0.05) is 36.5 Å². The highest BCUT2D eigenvalue weighted by Crippen LogP contribution is 2.52. The molecule has 12 rings (SSSR count). The van der Waals surface area contributed by atoms with Crippen LogP contribution in [0.15, 0.2) is 53.6 Å². The van der Waals surface area contributed by atoms with Crippen molar-refractivity contribution in [3.63, 3.8) is 0 Å². The first-order valence-corrected chi connectivity index (χ1v) is 26.9. The number of hydrogen-bond donors (Lipinski definition) is 2. The van der Waals surface area contributed by atoms with Gasteiger partial charge in [0, 0.05) is 75.1 Å². The fourth-order valence-corrected chi connectivity index (χ4v) is 12.8. The highest BCUT2D eigenvalue weighted by molar-refractivity contribution is 6.09. The molecule has 5 aliphatic heterocycles. The normalized spacial score (nSPS) is 23.8. The van der Waals surface area contributed by atoms with Crippen molar-refractivity contribution in [3.8, 4) is 23.1 Å². The summed E-state index contributed by atoms with van der Waals surface area (Å²) in [5, 5.41) is 6.06. The maximum atomic E-state index is 15.2. The van der Waals surface area contributed by atoms with Gasteiger partial charge in [0.15, 0.2) is 5.82 Å². The van der Waals surface area contributed by atoms with Crippen LogP contribution < -0.4 is 21.2 Å². The van der Waals surface area contributed by atoms with Crippen LogP contribution >= 0.6 is 0 Å². The Bertz CT molecular complexity index is 3130. The Morgan fingerprint density at radius 3 is 2.42 bits per heavy atom. The van der Waals surface area contributed by atoms with Gasteiger partial charge in [0.25, 0.3) is 0 Å². The van der Waals surface area contributed by atoms with Crippen LogP contribution in [-0.4, -0.2) is 139 Å². The Labute approximate surface area is 425 Å². The molecule has 7 aliphatic rings. The second-order valence-electron chi connectivity index (χ2n) is 22.1. The van der Waals surface area contributed by atoms with Crippen molar-refractivity contribution in [1.29, 1.82) is 0 Å². The van der Waals surface area contributed by atoms with Crippen molar-refractivity contribution in [2.45, 2.75) is 139 Å². The number of aryl methyl sites for hydroxylation is 1. The number of aromatic nitrogens is 5. The van der Waals surface area contributed by atoms with Crippen molar-refractivity contribution >= 4 is 57.2 Å². The van der Waals surface area contributed by atoms with E-state index < -0.39 is 17.4 Å². The largest absolute Gasteiger partial charge is 0.366 e. The molecule has 1 atom stereocenters. The predicted molar refractivity (Wildman–Crippen MR) is 278 cm³/mol. The monoisotopic (exact) mass is 990 g/mol. The summed E-state index contributed by atoms with van der Waals surface area (Å²) in [4.78, 5) is 86.1. The number of anilines is 2. The summed E-state index contributed by atoms with van der Waals surface area (Å²) in [6, 6.07) is 14.7. The molecule has 1 unspecified atom stereocenters. The van der Waals surface area contributed by atoms with Gasteiger partial charge in [-0.25, -0.2) is 14.8 Å². The van der Waals surface area contributed by atoms with Crippen molar-refractivity contribution in [2.75, 3.05) is 62.6 Å². The smallest absolute Gasteiger partial charge is 0.329 e. The summed E-state index contributed by atoms with van der Waals surface area (Å²) in [6.07, 6.45) is 13.2. The Morgan fingerprint density at radius 2 is 1.68 bits per heavy atom. The zero-order valence-electron chi connectivity index (χ0n) is 42.4. The van der Waals surface area contributed by atoms with Crippen LogP contribution in [0.25, 0.3) is 33.3 Å². The summed E-state index contributed by atoms with van der Waals surface area (Å²) in [6.45, 7) is 9.74. The lowest BCUT2D eigenvalue weighted by Crippen LogP contribution is -2.58. The predicted octanol–water partition coefficient (Wildman–Crippen LogP) is 5.64. The van der Waals surface area contributed by atoms with E-state index in [1.807, 2.05) is 23.4 Å². The molecule has 4 saturated heterocycles. The first-order chi connectivity index (χ1) is 35.4. The SMILES string of the molecule is CC(C)n1cnc2cc(-c3ccc4c(c3)N(C3CC(N5CCCCC5)C3)C(=O)C43CCN(C(=O)CN4CCC(OCC#Cc5cccc6c5n(C)c(=O)n6C5CCC(=O)NC5=O)CC4)CC3)nc(NC3CC3)c21. The first kappa shape index (κ1) is 47.6. The van der Waals surface area contributed by atoms with E-state index in [2.05, 4.69) is 79.9 Å². The number of imide groups is 1. The molecule has 6 fully saturated rings. The minimum Gasteiger partial charge on any atom is -0.366 e. The number of piperidine rings is 4. The summed E-state index contributed by atoms with van der Waals surface area (Å²) >= 11 is 0. The van der Waals surface area contributed by atoms with Gasteiger partial charge in [-0.3, -0.25) is 38.5 Å². The Kier molecular flexibility index (Phi) is 12.5. The number of nitrogens with one attached hydrogen (secondary N) is 2. The molecule has 3 aromatic heterocycles. The van der Waals surface area contributed by atoms with Crippen LogP contribution in [0.5, 0.6) is 0 Å². The average Bonchev–Trinajstić information content (AvgIpc) is 3.97.